The van der Waals surface area contributed by atoms with Crippen LogP contribution in [-0.4, -0.2) is 0 Å². The van der Waals surface area contributed by atoms with E-state index < -0.39 is 0 Å². The molecule has 0 heterocycles. The summed E-state index contributed by atoms with van der Waals surface area (Å²) in [6.07, 6.45) is 4.65. The quantitative estimate of drug-likeness (QED) is 0.489. The molecule has 3 aromatic carbocycles. The summed E-state index contributed by atoms with van der Waals surface area (Å²) < 4.78 is 0. The van der Waals surface area contributed by atoms with Crippen LogP contribution in [0, 0.1) is 0 Å². The molecule has 0 N–H and O–H groups in total. The Kier molecular flexibility index (Phi) is 2.24. The standard InChI is InChI=1S/C22H15/c1-2-8-16-14-15-22(19(16)11-3-1)20-12-6-4-9-17(20)18-10-5-7-13-21(18)22/h1-15H/q+1. The summed E-state index contributed by atoms with van der Waals surface area (Å²) in [7, 11) is 0. The average molecular weight is 279 g/mol. The fourth-order valence-electron chi connectivity index (χ4n) is 4.11. The van der Waals surface area contributed by atoms with Crippen molar-refractivity contribution in [3.05, 3.63) is 107 Å². The summed E-state index contributed by atoms with van der Waals surface area (Å²) in [5.41, 5.74) is 8.10. The largest absolute Gasteiger partial charge is 0.116 e. The van der Waals surface area contributed by atoms with Crippen LogP contribution in [0.15, 0.2) is 84.9 Å². The fraction of sp³-hybridized carbons (Fsp3) is 0.0455. The molecule has 2 aliphatic carbocycles. The summed E-state index contributed by atoms with van der Waals surface area (Å²) in [4.78, 5) is 0. The van der Waals surface area contributed by atoms with Crippen LogP contribution in [-0.2, 0) is 5.41 Å². The summed E-state index contributed by atoms with van der Waals surface area (Å²) >= 11 is 0. The van der Waals surface area contributed by atoms with Gasteiger partial charge in [0.2, 0.25) is 0 Å². The summed E-state index contributed by atoms with van der Waals surface area (Å²) in [5.74, 6) is 0. The molecule has 0 unspecified atom stereocenters. The third-order valence-electron chi connectivity index (χ3n) is 5.00. The van der Waals surface area contributed by atoms with E-state index in [0.717, 1.165) is 0 Å². The monoisotopic (exact) mass is 279 g/mol. The molecule has 0 radical (unpaired) electrons. The molecule has 0 aromatic heterocycles. The van der Waals surface area contributed by atoms with E-state index in [1.165, 1.54) is 33.4 Å². The highest BCUT2D eigenvalue weighted by molar-refractivity contribution is 5.88. The first kappa shape index (κ1) is 11.9. The number of fused-ring (bicyclic) bond motifs is 7. The average Bonchev–Trinajstić information content (AvgIpc) is 2.96. The van der Waals surface area contributed by atoms with Gasteiger partial charge in [0, 0.05) is 30.4 Å². The predicted molar refractivity (Wildman–Crippen MR) is 91.6 cm³/mol. The van der Waals surface area contributed by atoms with Crippen LogP contribution >= 0.6 is 0 Å². The number of benzene rings is 2. The maximum Gasteiger partial charge on any atom is 0.116 e. The van der Waals surface area contributed by atoms with Crippen LogP contribution in [0.3, 0.4) is 0 Å². The van der Waals surface area contributed by atoms with E-state index in [4.69, 9.17) is 0 Å². The van der Waals surface area contributed by atoms with E-state index in [0.29, 0.717) is 0 Å². The van der Waals surface area contributed by atoms with E-state index in [2.05, 4.69) is 91.0 Å². The second-order valence-corrected chi connectivity index (χ2v) is 6.01. The van der Waals surface area contributed by atoms with Gasteiger partial charge in [0.05, 0.1) is 11.1 Å². The van der Waals surface area contributed by atoms with Gasteiger partial charge in [-0.15, -0.1) is 0 Å². The van der Waals surface area contributed by atoms with Crippen molar-refractivity contribution < 1.29 is 0 Å². The van der Waals surface area contributed by atoms with Gasteiger partial charge >= 0.3 is 0 Å². The Balaban J connectivity index is 1.96. The van der Waals surface area contributed by atoms with Gasteiger partial charge in [0.1, 0.15) is 5.41 Å². The Labute approximate surface area is 130 Å². The molecule has 2 aliphatic rings. The lowest BCUT2D eigenvalue weighted by Gasteiger charge is -2.22. The Morgan fingerprint density at radius 3 is 2.00 bits per heavy atom. The van der Waals surface area contributed by atoms with E-state index in [-0.39, 0.29) is 5.41 Å². The Hall–Kier alpha value is -2.73. The summed E-state index contributed by atoms with van der Waals surface area (Å²) in [6, 6.07) is 28.5. The zero-order valence-electron chi connectivity index (χ0n) is 12.2. The first-order valence-electron chi connectivity index (χ1n) is 7.73. The number of rotatable bonds is 0. The lowest BCUT2D eigenvalue weighted by molar-refractivity contribution is 0.823. The van der Waals surface area contributed by atoms with Crippen LogP contribution in [0.5, 0.6) is 0 Å². The molecule has 0 fully saturated rings. The highest BCUT2D eigenvalue weighted by Gasteiger charge is 2.49. The van der Waals surface area contributed by atoms with Gasteiger partial charge in [-0.2, -0.15) is 0 Å². The van der Waals surface area contributed by atoms with Gasteiger partial charge in [0.25, 0.3) is 0 Å². The third kappa shape index (κ3) is 1.30. The van der Waals surface area contributed by atoms with Gasteiger partial charge in [0.15, 0.2) is 0 Å². The van der Waals surface area contributed by atoms with Gasteiger partial charge < -0.3 is 0 Å². The van der Waals surface area contributed by atoms with Crippen LogP contribution < -0.4 is 0 Å². The molecule has 0 saturated carbocycles. The molecule has 5 rings (SSSR count). The van der Waals surface area contributed by atoms with Gasteiger partial charge in [-0.1, -0.05) is 48.5 Å². The number of hydrogen-bond acceptors (Lipinski definition) is 0. The molecule has 0 amide bonds. The lowest BCUT2D eigenvalue weighted by Crippen LogP contribution is -2.21. The van der Waals surface area contributed by atoms with Crippen molar-refractivity contribution in [3.63, 3.8) is 0 Å². The normalized spacial score (nSPS) is 15.5. The van der Waals surface area contributed by atoms with Crippen LogP contribution in [0.4, 0.5) is 0 Å². The SMILES string of the molecule is C1=CC2(c3ccccc3-c3ccccc32)c2ccccc[c+]21. The Bertz CT molecular complexity index is 892. The van der Waals surface area contributed by atoms with E-state index in [1.807, 2.05) is 0 Å². The molecule has 0 nitrogen and oxygen atoms in total. The second-order valence-electron chi connectivity index (χ2n) is 6.01. The molecule has 0 bridgehead atoms. The number of allylic oxidation sites excluding steroid dienone is 1. The molecule has 22 heavy (non-hydrogen) atoms. The lowest BCUT2D eigenvalue weighted by atomic mass is 9.75. The molecule has 0 atom stereocenters. The molecule has 1 spiro atoms. The zero-order valence-corrected chi connectivity index (χ0v) is 12.2. The number of hydrogen-bond donors (Lipinski definition) is 0. The first-order valence-corrected chi connectivity index (χ1v) is 7.73. The molecular weight excluding hydrogens is 264 g/mol. The maximum atomic E-state index is 2.38. The first-order chi connectivity index (χ1) is 10.9. The minimum atomic E-state index is -0.123. The van der Waals surface area contributed by atoms with Crippen molar-refractivity contribution in [1.29, 1.82) is 0 Å². The van der Waals surface area contributed by atoms with E-state index in [9.17, 15) is 0 Å². The van der Waals surface area contributed by atoms with Crippen LogP contribution in [0.2, 0.25) is 0 Å². The smallest absolute Gasteiger partial charge is 0.0619 e. The van der Waals surface area contributed by atoms with Gasteiger partial charge in [-0.3, -0.25) is 0 Å². The highest BCUT2D eigenvalue weighted by atomic mass is 14.5. The van der Waals surface area contributed by atoms with Crippen molar-refractivity contribution in [3.8, 4) is 11.1 Å². The fourth-order valence-corrected chi connectivity index (χ4v) is 4.11. The molecule has 0 heteroatoms. The minimum absolute atomic E-state index is 0.123. The Morgan fingerprint density at radius 2 is 1.27 bits per heavy atom. The van der Waals surface area contributed by atoms with Gasteiger partial charge in [-0.25, -0.2) is 0 Å². The maximum absolute atomic E-state index is 2.38. The summed E-state index contributed by atoms with van der Waals surface area (Å²) in [6.45, 7) is 0. The van der Waals surface area contributed by atoms with Crippen LogP contribution in [0.25, 0.3) is 17.2 Å². The molecular formula is C22H15+. The van der Waals surface area contributed by atoms with Crippen molar-refractivity contribution in [2.75, 3.05) is 0 Å². The third-order valence-corrected chi connectivity index (χ3v) is 5.00. The van der Waals surface area contributed by atoms with Gasteiger partial charge in [-0.05, 0) is 34.4 Å². The van der Waals surface area contributed by atoms with Crippen molar-refractivity contribution >= 4 is 6.08 Å². The Morgan fingerprint density at radius 1 is 0.636 bits per heavy atom. The zero-order chi connectivity index (χ0) is 14.6. The predicted octanol–water partition coefficient (Wildman–Crippen LogP) is 5.31. The second kappa shape index (κ2) is 4.14. The highest BCUT2D eigenvalue weighted by Crippen LogP contribution is 2.56. The van der Waals surface area contributed by atoms with Crippen LogP contribution in [0.1, 0.15) is 22.3 Å². The van der Waals surface area contributed by atoms with E-state index in [1.54, 1.807) is 0 Å². The minimum Gasteiger partial charge on any atom is -0.0619 e. The van der Waals surface area contributed by atoms with Crippen molar-refractivity contribution in [2.24, 2.45) is 0 Å². The molecule has 102 valence electrons. The molecule has 0 saturated heterocycles. The molecule has 0 aliphatic heterocycles. The topological polar surface area (TPSA) is 0 Å². The molecule has 3 aromatic rings. The van der Waals surface area contributed by atoms with E-state index >= 15 is 0 Å². The van der Waals surface area contributed by atoms with Crippen molar-refractivity contribution in [2.45, 2.75) is 5.41 Å². The van der Waals surface area contributed by atoms with Crippen molar-refractivity contribution in [1.82, 2.24) is 0 Å². The summed E-state index contributed by atoms with van der Waals surface area (Å²) in [5, 5.41) is 0.